The van der Waals surface area contributed by atoms with Crippen molar-refractivity contribution in [2.24, 2.45) is 5.11 Å². The average Bonchev–Trinajstić information content (AvgIpc) is 2.46. The Kier molecular flexibility index (Phi) is 4.57. The van der Waals surface area contributed by atoms with Gasteiger partial charge in [0.05, 0.1) is 5.69 Å². The number of carbonyl (C=O) groups is 1. The van der Waals surface area contributed by atoms with Crippen molar-refractivity contribution in [3.8, 4) is 0 Å². The van der Waals surface area contributed by atoms with E-state index in [2.05, 4.69) is 10.0 Å². The number of benzene rings is 1. The first-order chi connectivity index (χ1) is 9.74. The Morgan fingerprint density at radius 2 is 2.05 bits per heavy atom. The summed E-state index contributed by atoms with van der Waals surface area (Å²) in [5, 5.41) is 3.37. The van der Waals surface area contributed by atoms with Gasteiger partial charge >= 0.3 is 0 Å². The highest BCUT2D eigenvalue weighted by atomic mass is 19.1. The summed E-state index contributed by atoms with van der Waals surface area (Å²) in [7, 11) is 0. The number of piperazine rings is 1. The number of hydrogen-bond donors (Lipinski definition) is 0. The number of allylic oxidation sites excluding steroid dienone is 1. The molecule has 0 bridgehead atoms. The van der Waals surface area contributed by atoms with Gasteiger partial charge in [-0.3, -0.25) is 4.79 Å². The molecule has 1 aromatic rings. The maximum absolute atomic E-state index is 14.0. The fourth-order valence-electron chi connectivity index (χ4n) is 2.13. The molecular weight excluding hydrogens is 261 g/mol. The lowest BCUT2D eigenvalue weighted by Gasteiger charge is -2.35. The van der Waals surface area contributed by atoms with Crippen molar-refractivity contribution in [2.45, 2.75) is 0 Å². The van der Waals surface area contributed by atoms with E-state index in [0.29, 0.717) is 18.8 Å². The van der Waals surface area contributed by atoms with Gasteiger partial charge in [-0.25, -0.2) is 4.39 Å². The molecule has 20 heavy (non-hydrogen) atoms. The summed E-state index contributed by atoms with van der Waals surface area (Å²) in [4.78, 5) is 16.8. The number of anilines is 1. The zero-order chi connectivity index (χ0) is 14.4. The second-order valence-electron chi connectivity index (χ2n) is 4.33. The summed E-state index contributed by atoms with van der Waals surface area (Å²) in [6.45, 7) is 2.78. The topological polar surface area (TPSA) is 72.3 Å². The number of halogens is 1. The Morgan fingerprint density at radius 1 is 1.30 bits per heavy atom. The summed E-state index contributed by atoms with van der Waals surface area (Å²) in [6, 6.07) is 4.45. The van der Waals surface area contributed by atoms with Crippen molar-refractivity contribution in [2.75, 3.05) is 31.1 Å². The van der Waals surface area contributed by atoms with E-state index in [4.69, 9.17) is 5.53 Å². The van der Waals surface area contributed by atoms with Crippen LogP contribution in [-0.4, -0.2) is 37.4 Å². The summed E-state index contributed by atoms with van der Waals surface area (Å²) in [6.07, 6.45) is 3.93. The summed E-state index contributed by atoms with van der Waals surface area (Å²) in [5.41, 5.74) is 9.08. The van der Waals surface area contributed by atoms with Crippen LogP contribution in [0.1, 0.15) is 0 Å². The maximum Gasteiger partial charge on any atom is 0.146 e. The van der Waals surface area contributed by atoms with Crippen molar-refractivity contribution >= 4 is 17.7 Å². The molecule has 6 nitrogen and oxygen atoms in total. The standard InChI is InChI=1S/C13H14FN5O/c14-12-10-11(16-17-15)2-3-13(12)19-7-5-18(6-8-19)4-1-9-20/h1-4,9-10H,5-8H2. The van der Waals surface area contributed by atoms with E-state index in [-0.39, 0.29) is 5.69 Å². The van der Waals surface area contributed by atoms with Crippen LogP contribution in [0.3, 0.4) is 0 Å². The predicted octanol–water partition coefficient (Wildman–Crippen LogP) is 2.60. The van der Waals surface area contributed by atoms with Crippen LogP contribution in [-0.2, 0) is 4.79 Å². The van der Waals surface area contributed by atoms with Crippen molar-refractivity contribution in [1.82, 2.24) is 4.90 Å². The van der Waals surface area contributed by atoms with Gasteiger partial charge in [0.1, 0.15) is 12.1 Å². The van der Waals surface area contributed by atoms with Crippen molar-refractivity contribution in [1.29, 1.82) is 0 Å². The van der Waals surface area contributed by atoms with Crippen LogP contribution in [0.2, 0.25) is 0 Å². The lowest BCUT2D eigenvalue weighted by molar-refractivity contribution is -0.104. The van der Waals surface area contributed by atoms with Crippen LogP contribution in [0.5, 0.6) is 0 Å². The molecule has 1 aliphatic heterocycles. The number of carbonyl (C=O) groups excluding carboxylic acids is 1. The minimum Gasteiger partial charge on any atom is -0.374 e. The van der Waals surface area contributed by atoms with Crippen LogP contribution < -0.4 is 4.90 Å². The van der Waals surface area contributed by atoms with Crippen molar-refractivity contribution < 1.29 is 9.18 Å². The molecule has 0 amide bonds. The molecule has 104 valence electrons. The van der Waals surface area contributed by atoms with Gasteiger partial charge in [-0.2, -0.15) is 0 Å². The molecule has 0 saturated carbocycles. The molecule has 7 heteroatoms. The zero-order valence-corrected chi connectivity index (χ0v) is 10.8. The van der Waals surface area contributed by atoms with Crippen LogP contribution in [0, 0.1) is 5.82 Å². The largest absolute Gasteiger partial charge is 0.374 e. The molecule has 0 atom stereocenters. The lowest BCUT2D eigenvalue weighted by atomic mass is 10.2. The molecule has 2 rings (SSSR count). The van der Waals surface area contributed by atoms with Gasteiger partial charge < -0.3 is 9.80 Å². The molecule has 0 aromatic heterocycles. The summed E-state index contributed by atoms with van der Waals surface area (Å²) < 4.78 is 14.0. The molecule has 1 aliphatic rings. The normalized spacial score (nSPS) is 15.2. The summed E-state index contributed by atoms with van der Waals surface area (Å²) >= 11 is 0. The van der Waals surface area contributed by atoms with Gasteiger partial charge in [0.25, 0.3) is 0 Å². The Labute approximate surface area is 115 Å². The van der Waals surface area contributed by atoms with E-state index in [1.54, 1.807) is 18.3 Å². The minimum absolute atomic E-state index is 0.265. The van der Waals surface area contributed by atoms with Gasteiger partial charge in [-0.1, -0.05) is 11.2 Å². The minimum atomic E-state index is -0.396. The van der Waals surface area contributed by atoms with Crippen LogP contribution >= 0.6 is 0 Å². The molecule has 0 N–H and O–H groups in total. The first-order valence-electron chi connectivity index (χ1n) is 6.20. The number of aldehydes is 1. The van der Waals surface area contributed by atoms with Gasteiger partial charge in [0.2, 0.25) is 0 Å². The van der Waals surface area contributed by atoms with Gasteiger partial charge in [0, 0.05) is 43.0 Å². The van der Waals surface area contributed by atoms with Crippen LogP contribution in [0.25, 0.3) is 10.4 Å². The third-order valence-corrected chi connectivity index (χ3v) is 3.12. The van der Waals surface area contributed by atoms with Gasteiger partial charge in [-0.15, -0.1) is 0 Å². The quantitative estimate of drug-likeness (QED) is 0.279. The molecule has 1 heterocycles. The highest BCUT2D eigenvalue weighted by Crippen LogP contribution is 2.25. The predicted molar refractivity (Wildman–Crippen MR) is 74.2 cm³/mol. The number of rotatable bonds is 4. The van der Waals surface area contributed by atoms with Crippen molar-refractivity contribution in [3.63, 3.8) is 0 Å². The van der Waals surface area contributed by atoms with Crippen LogP contribution in [0.4, 0.5) is 15.8 Å². The maximum atomic E-state index is 14.0. The van der Waals surface area contributed by atoms with E-state index in [1.807, 2.05) is 9.80 Å². The van der Waals surface area contributed by atoms with Crippen LogP contribution in [0.15, 0.2) is 35.6 Å². The molecule has 0 radical (unpaired) electrons. The Bertz CT molecular complexity index is 560. The highest BCUT2D eigenvalue weighted by Gasteiger charge is 2.17. The number of hydrogen-bond acceptors (Lipinski definition) is 4. The highest BCUT2D eigenvalue weighted by molar-refractivity contribution is 5.64. The van der Waals surface area contributed by atoms with Gasteiger partial charge in [0.15, 0.2) is 0 Å². The first kappa shape index (κ1) is 13.9. The van der Waals surface area contributed by atoms with E-state index >= 15 is 0 Å². The fourth-order valence-corrected chi connectivity index (χ4v) is 2.13. The number of nitrogens with zero attached hydrogens (tertiary/aromatic N) is 5. The van der Waals surface area contributed by atoms with E-state index in [0.717, 1.165) is 19.4 Å². The molecule has 1 aromatic carbocycles. The first-order valence-corrected chi connectivity index (χ1v) is 6.20. The van der Waals surface area contributed by atoms with E-state index in [1.165, 1.54) is 12.1 Å². The average molecular weight is 275 g/mol. The lowest BCUT2D eigenvalue weighted by Crippen LogP contribution is -2.44. The second kappa shape index (κ2) is 6.58. The molecule has 0 spiro atoms. The molecular formula is C13H14FN5O. The van der Waals surface area contributed by atoms with E-state index < -0.39 is 5.82 Å². The molecule has 1 saturated heterocycles. The van der Waals surface area contributed by atoms with E-state index in [9.17, 15) is 9.18 Å². The van der Waals surface area contributed by atoms with Crippen molar-refractivity contribution in [3.05, 3.63) is 46.7 Å². The SMILES string of the molecule is [N-]=[N+]=Nc1ccc(N2CCN(C=CC=O)CC2)c(F)c1. The third kappa shape index (κ3) is 3.27. The molecule has 1 fully saturated rings. The Morgan fingerprint density at radius 3 is 2.65 bits per heavy atom. The number of azide groups is 1. The molecule has 0 aliphatic carbocycles. The zero-order valence-electron chi connectivity index (χ0n) is 10.8. The smallest absolute Gasteiger partial charge is 0.146 e. The second-order valence-corrected chi connectivity index (χ2v) is 4.33. The Balaban J connectivity index is 2.05. The fraction of sp³-hybridized carbons (Fsp3) is 0.308. The monoisotopic (exact) mass is 275 g/mol. The molecule has 0 unspecified atom stereocenters. The third-order valence-electron chi connectivity index (χ3n) is 3.12. The van der Waals surface area contributed by atoms with Gasteiger partial charge in [-0.05, 0) is 23.7 Å². The summed E-state index contributed by atoms with van der Waals surface area (Å²) in [5.74, 6) is -0.396. The Hall–Kier alpha value is -2.53.